The molecular formula is C19H17N3O3S. The Balaban J connectivity index is 2.18. The van der Waals surface area contributed by atoms with Crippen molar-refractivity contribution < 1.29 is 14.7 Å². The molecule has 0 aliphatic carbocycles. The van der Waals surface area contributed by atoms with Gasteiger partial charge in [0.15, 0.2) is 5.69 Å². The number of benzene rings is 2. The summed E-state index contributed by atoms with van der Waals surface area (Å²) >= 11 is 1.42. The number of methoxy groups -OCH3 is 1. The lowest BCUT2D eigenvalue weighted by atomic mass is 10.2. The molecule has 0 spiro atoms. The quantitative estimate of drug-likeness (QED) is 0.320. The minimum atomic E-state index is -0.597. The monoisotopic (exact) mass is 367 g/mol. The van der Waals surface area contributed by atoms with Crippen LogP contribution >= 0.6 is 11.8 Å². The number of hydrogen-bond donors (Lipinski definition) is 1. The summed E-state index contributed by atoms with van der Waals surface area (Å²) in [5.41, 5.74) is 2.42. The Kier molecular flexibility index (Phi) is 5.38. The van der Waals surface area contributed by atoms with Crippen LogP contribution in [0.3, 0.4) is 0 Å². The zero-order chi connectivity index (χ0) is 18.5. The number of hydrogen-bond acceptors (Lipinski definition) is 6. The van der Waals surface area contributed by atoms with Crippen molar-refractivity contribution in [2.24, 2.45) is 5.16 Å². The lowest BCUT2D eigenvalue weighted by Gasteiger charge is -2.08. The van der Waals surface area contributed by atoms with Crippen molar-refractivity contribution in [1.29, 1.82) is 0 Å². The number of esters is 1. The zero-order valence-corrected chi connectivity index (χ0v) is 15.1. The minimum Gasteiger partial charge on any atom is -0.464 e. The summed E-state index contributed by atoms with van der Waals surface area (Å²) in [5.74, 6) is -0.597. The van der Waals surface area contributed by atoms with E-state index < -0.39 is 5.97 Å². The standard InChI is InChI=1S/C19H17N3O3S/c1-13-8-10-15(11-9-13)26-18-16(12-20-24)17(19(23)25-2)21-22(18)14-6-4-3-5-7-14/h3-12,24H,1-2H3/b20-12+. The first-order valence-corrected chi connectivity index (χ1v) is 8.64. The van der Waals surface area contributed by atoms with E-state index in [1.54, 1.807) is 4.68 Å². The molecule has 1 aromatic heterocycles. The highest BCUT2D eigenvalue weighted by Crippen LogP contribution is 2.33. The number of carbonyl (C=O) groups is 1. The first-order valence-electron chi connectivity index (χ1n) is 7.82. The van der Waals surface area contributed by atoms with Gasteiger partial charge >= 0.3 is 5.97 Å². The van der Waals surface area contributed by atoms with E-state index in [0.29, 0.717) is 10.6 Å². The average molecular weight is 367 g/mol. The topological polar surface area (TPSA) is 76.7 Å². The Morgan fingerprint density at radius 2 is 1.88 bits per heavy atom. The van der Waals surface area contributed by atoms with Gasteiger partial charge in [-0.2, -0.15) is 5.10 Å². The molecule has 0 fully saturated rings. The maximum atomic E-state index is 12.2. The number of aromatic nitrogens is 2. The molecule has 0 saturated heterocycles. The van der Waals surface area contributed by atoms with Gasteiger partial charge in [-0.1, -0.05) is 52.8 Å². The number of oxime groups is 1. The van der Waals surface area contributed by atoms with Gasteiger partial charge in [0, 0.05) is 4.90 Å². The molecular weight excluding hydrogens is 350 g/mol. The van der Waals surface area contributed by atoms with E-state index in [2.05, 4.69) is 10.3 Å². The van der Waals surface area contributed by atoms with Gasteiger partial charge in [-0.05, 0) is 31.2 Å². The Morgan fingerprint density at radius 1 is 1.19 bits per heavy atom. The molecule has 3 aromatic rings. The van der Waals surface area contributed by atoms with Crippen LogP contribution in [0.4, 0.5) is 0 Å². The van der Waals surface area contributed by atoms with E-state index in [9.17, 15) is 4.79 Å². The Labute approximate surface area is 155 Å². The second-order valence-corrected chi connectivity index (χ2v) is 6.53. The van der Waals surface area contributed by atoms with Crippen LogP contribution in [-0.4, -0.2) is 34.3 Å². The summed E-state index contributed by atoms with van der Waals surface area (Å²) in [4.78, 5) is 13.1. The zero-order valence-electron chi connectivity index (χ0n) is 14.3. The second-order valence-electron chi connectivity index (χ2n) is 5.47. The van der Waals surface area contributed by atoms with Crippen LogP contribution in [0.15, 0.2) is 69.7 Å². The molecule has 3 rings (SSSR count). The molecule has 0 aliphatic heterocycles. The molecule has 26 heavy (non-hydrogen) atoms. The molecule has 132 valence electrons. The molecule has 1 N–H and O–H groups in total. The highest BCUT2D eigenvalue weighted by atomic mass is 32.2. The Morgan fingerprint density at radius 3 is 2.50 bits per heavy atom. The van der Waals surface area contributed by atoms with Crippen LogP contribution in [0, 0.1) is 6.92 Å². The number of aryl methyl sites for hydroxylation is 1. The molecule has 0 aliphatic rings. The summed E-state index contributed by atoms with van der Waals surface area (Å²) in [6.45, 7) is 2.02. The van der Waals surface area contributed by atoms with E-state index in [1.165, 1.54) is 25.1 Å². The van der Waals surface area contributed by atoms with E-state index in [4.69, 9.17) is 9.94 Å². The van der Waals surface area contributed by atoms with Crippen molar-refractivity contribution in [1.82, 2.24) is 9.78 Å². The second kappa shape index (κ2) is 7.88. The van der Waals surface area contributed by atoms with E-state index >= 15 is 0 Å². The van der Waals surface area contributed by atoms with Crippen LogP contribution in [0.5, 0.6) is 0 Å². The maximum Gasteiger partial charge on any atom is 0.359 e. The van der Waals surface area contributed by atoms with Gasteiger partial charge in [0.25, 0.3) is 0 Å². The third kappa shape index (κ3) is 3.62. The van der Waals surface area contributed by atoms with Crippen molar-refractivity contribution >= 4 is 23.9 Å². The molecule has 0 saturated carbocycles. The van der Waals surface area contributed by atoms with Crippen LogP contribution in [-0.2, 0) is 4.74 Å². The van der Waals surface area contributed by atoms with E-state index in [-0.39, 0.29) is 5.69 Å². The van der Waals surface area contributed by atoms with Gasteiger partial charge in [-0.3, -0.25) is 0 Å². The van der Waals surface area contributed by atoms with E-state index in [0.717, 1.165) is 16.1 Å². The van der Waals surface area contributed by atoms with Crippen molar-refractivity contribution in [2.45, 2.75) is 16.8 Å². The van der Waals surface area contributed by atoms with Crippen LogP contribution < -0.4 is 0 Å². The summed E-state index contributed by atoms with van der Waals surface area (Å²) in [6, 6.07) is 17.4. The summed E-state index contributed by atoms with van der Waals surface area (Å²) in [7, 11) is 1.29. The third-order valence-corrected chi connectivity index (χ3v) is 4.77. The predicted octanol–water partition coefficient (Wildman–Crippen LogP) is 3.93. The molecule has 1 heterocycles. The van der Waals surface area contributed by atoms with Crippen molar-refractivity contribution in [2.75, 3.05) is 7.11 Å². The van der Waals surface area contributed by atoms with Gasteiger partial charge in [0.05, 0.1) is 24.6 Å². The van der Waals surface area contributed by atoms with Gasteiger partial charge in [0.1, 0.15) is 5.03 Å². The Bertz CT molecular complexity index is 935. The fourth-order valence-corrected chi connectivity index (χ4v) is 3.38. The predicted molar refractivity (Wildman–Crippen MR) is 99.6 cm³/mol. The summed E-state index contributed by atoms with van der Waals surface area (Å²) in [6.07, 6.45) is 1.20. The SMILES string of the molecule is COC(=O)c1nn(-c2ccccc2)c(Sc2ccc(C)cc2)c1/C=N/O. The largest absolute Gasteiger partial charge is 0.464 e. The van der Waals surface area contributed by atoms with Crippen LogP contribution in [0.2, 0.25) is 0 Å². The lowest BCUT2D eigenvalue weighted by molar-refractivity contribution is 0.0593. The number of para-hydroxylation sites is 1. The minimum absolute atomic E-state index is 0.0868. The summed E-state index contributed by atoms with van der Waals surface area (Å²) in [5, 5.41) is 17.2. The number of ether oxygens (including phenoxy) is 1. The van der Waals surface area contributed by atoms with Crippen molar-refractivity contribution in [3.8, 4) is 5.69 Å². The van der Waals surface area contributed by atoms with Crippen molar-refractivity contribution in [3.63, 3.8) is 0 Å². The van der Waals surface area contributed by atoms with E-state index in [1.807, 2.05) is 61.5 Å². The molecule has 0 bridgehead atoms. The Hall–Kier alpha value is -3.06. The first-order chi connectivity index (χ1) is 12.6. The van der Waals surface area contributed by atoms with Crippen LogP contribution in [0.1, 0.15) is 21.6 Å². The van der Waals surface area contributed by atoms with Gasteiger partial charge in [-0.15, -0.1) is 0 Å². The third-order valence-electron chi connectivity index (χ3n) is 3.68. The molecule has 0 unspecified atom stereocenters. The molecule has 0 radical (unpaired) electrons. The number of carbonyl (C=O) groups excluding carboxylic acids is 1. The molecule has 6 nitrogen and oxygen atoms in total. The molecule has 2 aromatic carbocycles. The van der Waals surface area contributed by atoms with Crippen molar-refractivity contribution in [3.05, 3.63) is 71.4 Å². The van der Waals surface area contributed by atoms with Gasteiger partial charge in [-0.25, -0.2) is 9.48 Å². The van der Waals surface area contributed by atoms with Crippen LogP contribution in [0.25, 0.3) is 5.69 Å². The van der Waals surface area contributed by atoms with Gasteiger partial charge in [0.2, 0.25) is 0 Å². The normalized spacial score (nSPS) is 11.0. The highest BCUT2D eigenvalue weighted by molar-refractivity contribution is 7.99. The lowest BCUT2D eigenvalue weighted by Crippen LogP contribution is -2.06. The molecule has 7 heteroatoms. The fraction of sp³-hybridized carbons (Fsp3) is 0.105. The smallest absolute Gasteiger partial charge is 0.359 e. The fourth-order valence-electron chi connectivity index (χ4n) is 2.40. The highest BCUT2D eigenvalue weighted by Gasteiger charge is 2.24. The average Bonchev–Trinajstić information content (AvgIpc) is 3.02. The first kappa shape index (κ1) is 17.8. The maximum absolute atomic E-state index is 12.2. The number of rotatable bonds is 5. The molecule has 0 atom stereocenters. The van der Waals surface area contributed by atoms with Gasteiger partial charge < -0.3 is 9.94 Å². The number of nitrogens with zero attached hydrogens (tertiary/aromatic N) is 3. The summed E-state index contributed by atoms with van der Waals surface area (Å²) < 4.78 is 6.47. The molecule has 0 amide bonds.